The van der Waals surface area contributed by atoms with Crippen molar-refractivity contribution >= 4 is 11.8 Å². The van der Waals surface area contributed by atoms with E-state index in [0.29, 0.717) is 6.54 Å². The van der Waals surface area contributed by atoms with E-state index in [1.807, 2.05) is 29.7 Å². The molecular weight excluding hydrogens is 230 g/mol. The molecule has 0 bridgehead atoms. The molecule has 1 aromatic carbocycles. The van der Waals surface area contributed by atoms with Gasteiger partial charge in [0.2, 0.25) is 0 Å². The number of nitrogens with zero attached hydrogens (tertiary/aromatic N) is 2. The van der Waals surface area contributed by atoms with E-state index in [1.165, 1.54) is 4.90 Å². The lowest BCUT2D eigenvalue weighted by molar-refractivity contribution is 0.769. The first-order valence-electron chi connectivity index (χ1n) is 5.70. The fourth-order valence-electron chi connectivity index (χ4n) is 1.81. The number of thioether (sulfide) groups is 1. The Kier molecular flexibility index (Phi) is 3.86. The third kappa shape index (κ3) is 2.70. The van der Waals surface area contributed by atoms with Gasteiger partial charge in [-0.1, -0.05) is 19.1 Å². The molecule has 0 amide bonds. The number of hydrogen-bond donors (Lipinski definition) is 1. The van der Waals surface area contributed by atoms with Gasteiger partial charge in [-0.05, 0) is 17.9 Å². The van der Waals surface area contributed by atoms with Crippen LogP contribution in [0.1, 0.15) is 12.5 Å². The molecule has 0 aliphatic carbocycles. The van der Waals surface area contributed by atoms with Crippen LogP contribution in [-0.4, -0.2) is 15.5 Å². The van der Waals surface area contributed by atoms with E-state index in [2.05, 4.69) is 36.3 Å². The number of aryl methyl sites for hydroxylation is 1. The molecule has 0 fully saturated rings. The largest absolute Gasteiger partial charge is 0.326 e. The molecule has 2 rings (SSSR count). The molecule has 4 heteroatoms. The molecule has 90 valence electrons. The molecule has 0 spiro atoms. The minimum absolute atomic E-state index is 0.522. The number of nitrogens with two attached hydrogens (primary N) is 1. The monoisotopic (exact) mass is 247 g/mol. The van der Waals surface area contributed by atoms with Crippen LogP contribution in [0.15, 0.2) is 35.4 Å². The SMILES string of the molecule is CCSc1ccc(-c2nn(C)cc2CN)cc1. The molecule has 0 atom stereocenters. The summed E-state index contributed by atoms with van der Waals surface area (Å²) in [7, 11) is 1.92. The second kappa shape index (κ2) is 5.38. The topological polar surface area (TPSA) is 43.8 Å². The lowest BCUT2D eigenvalue weighted by Gasteiger charge is -2.02. The lowest BCUT2D eigenvalue weighted by Crippen LogP contribution is -1.96. The van der Waals surface area contributed by atoms with Crippen LogP contribution in [-0.2, 0) is 13.6 Å². The summed E-state index contributed by atoms with van der Waals surface area (Å²) in [5, 5.41) is 4.46. The van der Waals surface area contributed by atoms with E-state index in [0.717, 1.165) is 22.6 Å². The van der Waals surface area contributed by atoms with Gasteiger partial charge in [-0.25, -0.2) is 0 Å². The summed E-state index contributed by atoms with van der Waals surface area (Å²) in [6.07, 6.45) is 1.98. The van der Waals surface area contributed by atoms with Crippen LogP contribution in [0.25, 0.3) is 11.3 Å². The van der Waals surface area contributed by atoms with Crippen LogP contribution in [0.5, 0.6) is 0 Å². The molecule has 1 aromatic heterocycles. The van der Waals surface area contributed by atoms with E-state index in [4.69, 9.17) is 5.73 Å². The normalized spacial score (nSPS) is 10.8. The Bertz CT molecular complexity index is 488. The summed E-state index contributed by atoms with van der Waals surface area (Å²) < 4.78 is 1.81. The van der Waals surface area contributed by atoms with Gasteiger partial charge in [0.05, 0.1) is 5.69 Å². The summed E-state index contributed by atoms with van der Waals surface area (Å²) in [4.78, 5) is 1.29. The standard InChI is InChI=1S/C13H17N3S/c1-3-17-12-6-4-10(5-7-12)13-11(8-14)9-16(2)15-13/h4-7,9H,3,8,14H2,1-2H3. The van der Waals surface area contributed by atoms with Crippen LogP contribution in [0.4, 0.5) is 0 Å². The summed E-state index contributed by atoms with van der Waals surface area (Å²) >= 11 is 1.84. The Labute approximate surface area is 106 Å². The first-order chi connectivity index (χ1) is 8.24. The zero-order valence-corrected chi connectivity index (χ0v) is 11.0. The van der Waals surface area contributed by atoms with Gasteiger partial charge in [0.25, 0.3) is 0 Å². The number of benzene rings is 1. The Morgan fingerprint density at radius 1 is 1.29 bits per heavy atom. The highest BCUT2D eigenvalue weighted by atomic mass is 32.2. The van der Waals surface area contributed by atoms with Gasteiger partial charge in [0.15, 0.2) is 0 Å². The Balaban J connectivity index is 2.32. The Morgan fingerprint density at radius 3 is 2.59 bits per heavy atom. The Morgan fingerprint density at radius 2 is 2.00 bits per heavy atom. The zero-order chi connectivity index (χ0) is 12.3. The van der Waals surface area contributed by atoms with E-state index >= 15 is 0 Å². The number of aromatic nitrogens is 2. The van der Waals surface area contributed by atoms with E-state index < -0.39 is 0 Å². The second-order valence-corrected chi connectivity index (χ2v) is 5.18. The molecule has 17 heavy (non-hydrogen) atoms. The molecule has 0 radical (unpaired) electrons. The summed E-state index contributed by atoms with van der Waals surface area (Å²) in [6, 6.07) is 8.50. The third-order valence-electron chi connectivity index (χ3n) is 2.56. The predicted molar refractivity (Wildman–Crippen MR) is 72.9 cm³/mol. The van der Waals surface area contributed by atoms with Crippen LogP contribution < -0.4 is 5.73 Å². The molecule has 0 aliphatic heterocycles. The maximum absolute atomic E-state index is 5.72. The molecule has 0 saturated heterocycles. The van der Waals surface area contributed by atoms with Crippen molar-refractivity contribution in [1.82, 2.24) is 9.78 Å². The minimum Gasteiger partial charge on any atom is -0.326 e. The first kappa shape index (κ1) is 12.2. The van der Waals surface area contributed by atoms with Gasteiger partial charge >= 0.3 is 0 Å². The van der Waals surface area contributed by atoms with Crippen molar-refractivity contribution in [2.45, 2.75) is 18.4 Å². The van der Waals surface area contributed by atoms with Crippen LogP contribution in [0.2, 0.25) is 0 Å². The van der Waals surface area contributed by atoms with Crippen molar-refractivity contribution in [3.05, 3.63) is 36.0 Å². The maximum atomic E-state index is 5.72. The highest BCUT2D eigenvalue weighted by molar-refractivity contribution is 7.99. The summed E-state index contributed by atoms with van der Waals surface area (Å²) in [5.74, 6) is 1.09. The Hall–Kier alpha value is -1.26. The molecule has 0 aliphatic rings. The summed E-state index contributed by atoms with van der Waals surface area (Å²) in [6.45, 7) is 2.68. The van der Waals surface area contributed by atoms with Crippen LogP contribution in [0, 0.1) is 0 Å². The van der Waals surface area contributed by atoms with Gasteiger partial charge in [-0.2, -0.15) is 5.10 Å². The van der Waals surface area contributed by atoms with Crippen LogP contribution >= 0.6 is 11.8 Å². The van der Waals surface area contributed by atoms with Crippen molar-refractivity contribution in [2.75, 3.05) is 5.75 Å². The molecule has 0 saturated carbocycles. The second-order valence-electron chi connectivity index (χ2n) is 3.84. The molecule has 3 nitrogen and oxygen atoms in total. The molecule has 2 N–H and O–H groups in total. The number of rotatable bonds is 4. The van der Waals surface area contributed by atoms with Crippen molar-refractivity contribution in [3.8, 4) is 11.3 Å². The first-order valence-corrected chi connectivity index (χ1v) is 6.69. The van der Waals surface area contributed by atoms with Gasteiger partial charge in [0.1, 0.15) is 0 Å². The van der Waals surface area contributed by atoms with E-state index in [1.54, 1.807) is 0 Å². The average molecular weight is 247 g/mol. The number of hydrogen-bond acceptors (Lipinski definition) is 3. The van der Waals surface area contributed by atoms with Crippen molar-refractivity contribution in [1.29, 1.82) is 0 Å². The van der Waals surface area contributed by atoms with E-state index in [-0.39, 0.29) is 0 Å². The maximum Gasteiger partial charge on any atom is 0.0967 e. The van der Waals surface area contributed by atoms with Crippen LogP contribution in [0.3, 0.4) is 0 Å². The van der Waals surface area contributed by atoms with Crippen molar-refractivity contribution in [2.24, 2.45) is 12.8 Å². The zero-order valence-electron chi connectivity index (χ0n) is 10.2. The fourth-order valence-corrected chi connectivity index (χ4v) is 2.47. The highest BCUT2D eigenvalue weighted by Crippen LogP contribution is 2.25. The lowest BCUT2D eigenvalue weighted by atomic mass is 10.1. The molecule has 0 unspecified atom stereocenters. The summed E-state index contributed by atoms with van der Waals surface area (Å²) in [5.41, 5.74) is 8.93. The van der Waals surface area contributed by atoms with E-state index in [9.17, 15) is 0 Å². The van der Waals surface area contributed by atoms with Crippen molar-refractivity contribution < 1.29 is 0 Å². The molecule has 2 aromatic rings. The fraction of sp³-hybridized carbons (Fsp3) is 0.308. The highest BCUT2D eigenvalue weighted by Gasteiger charge is 2.08. The van der Waals surface area contributed by atoms with Gasteiger partial charge in [0, 0.05) is 35.8 Å². The quantitative estimate of drug-likeness (QED) is 0.845. The predicted octanol–water partition coefficient (Wildman–Crippen LogP) is 2.66. The molecule has 1 heterocycles. The third-order valence-corrected chi connectivity index (χ3v) is 3.46. The smallest absolute Gasteiger partial charge is 0.0967 e. The van der Waals surface area contributed by atoms with Gasteiger partial charge in [-0.3, -0.25) is 4.68 Å². The molecular formula is C13H17N3S. The van der Waals surface area contributed by atoms with Crippen molar-refractivity contribution in [3.63, 3.8) is 0 Å². The van der Waals surface area contributed by atoms with Gasteiger partial charge < -0.3 is 5.73 Å². The van der Waals surface area contributed by atoms with Gasteiger partial charge in [-0.15, -0.1) is 11.8 Å². The average Bonchev–Trinajstić information content (AvgIpc) is 2.72. The minimum atomic E-state index is 0.522.